The van der Waals surface area contributed by atoms with Gasteiger partial charge in [-0.1, -0.05) is 91.0 Å². The van der Waals surface area contributed by atoms with Gasteiger partial charge in [0, 0.05) is 18.6 Å². The van der Waals surface area contributed by atoms with Crippen LogP contribution in [0, 0.1) is 5.92 Å². The van der Waals surface area contributed by atoms with Gasteiger partial charge in [0.1, 0.15) is 6.10 Å². The van der Waals surface area contributed by atoms with Crippen molar-refractivity contribution in [3.05, 3.63) is 131 Å². The fourth-order valence-electron chi connectivity index (χ4n) is 15.9. The molecule has 0 saturated carbocycles. The van der Waals surface area contributed by atoms with Gasteiger partial charge in [-0.05, 0) is 31.7 Å². The van der Waals surface area contributed by atoms with Gasteiger partial charge in [-0.3, -0.25) is 0 Å². The summed E-state index contributed by atoms with van der Waals surface area (Å²) in [5.41, 5.74) is -0.592. The monoisotopic (exact) mass is 1280 g/mol. The van der Waals surface area contributed by atoms with Crippen LogP contribution in [0.2, 0.25) is 13.3 Å². The molecule has 7 heterocycles. The zero-order valence-electron chi connectivity index (χ0n) is 52.9. The fraction of sp³-hybridized carbons (Fsp3) is 0.681. The molecule has 0 unspecified atom stereocenters. The molecule has 0 aliphatic carbocycles. The minimum absolute atomic E-state index is 0.00287. The van der Waals surface area contributed by atoms with Crippen molar-refractivity contribution >= 4 is 24.3 Å². The van der Waals surface area contributed by atoms with Crippen LogP contribution in [0.3, 0.4) is 0 Å². The summed E-state index contributed by atoms with van der Waals surface area (Å²) < 4.78 is 83.4. The van der Waals surface area contributed by atoms with Crippen LogP contribution in [0.25, 0.3) is 0 Å². The van der Waals surface area contributed by atoms with Crippen LogP contribution in [0.15, 0.2) is 114 Å². The third-order valence-corrected chi connectivity index (χ3v) is 34.9. The Morgan fingerprint density at radius 3 is 1.99 bits per heavy atom. The SMILES string of the molecule is C=C[C@@H]1O[C@@H]2C[C@@H]3O[C@@H]4CO[C@@H](c5ccccc5)O[C@H]4CC[C@@]3(C)O[C@@]2(C)C[C@@]1(C)OC(=O)C[C@H]1O[C@H]2C[C@H]3O[C@@H](CCCOCc4ccccc4)C[C@H](OCc4ccccc4)[C@]3(C)O[C@]2(C)C[C@@H]1C/C=[CH]\[Sn]([CH2]CCC)([CH2]CCC)[CH2]CCC. The first-order chi connectivity index (χ1) is 41.0. The van der Waals surface area contributed by atoms with Gasteiger partial charge in [0.2, 0.25) is 0 Å². The zero-order chi connectivity index (χ0) is 59.7. The molecule has 17 atom stereocenters. The number of carbonyl (C=O) groups excluding carboxylic acids is 1. The van der Waals surface area contributed by atoms with Gasteiger partial charge in [0.25, 0.3) is 0 Å². The summed E-state index contributed by atoms with van der Waals surface area (Å²) in [5, 5.41) is 0. The number of allylic oxidation sites excluding steroid dienone is 1. The second kappa shape index (κ2) is 28.9. The molecule has 7 aliphatic heterocycles. The average Bonchev–Trinajstić information content (AvgIpc) is 1.65. The number of ether oxygens (including phenoxy) is 11. The van der Waals surface area contributed by atoms with E-state index < -0.39 is 64.9 Å². The number of carbonyl (C=O) groups is 1. The van der Waals surface area contributed by atoms with E-state index in [-0.39, 0.29) is 67.1 Å². The van der Waals surface area contributed by atoms with Crippen molar-refractivity contribution in [3.63, 3.8) is 0 Å². The summed E-state index contributed by atoms with van der Waals surface area (Å²) in [6, 6.07) is 30.9. The van der Waals surface area contributed by atoms with Crippen LogP contribution in [-0.4, -0.2) is 127 Å². The number of unbranched alkanes of at least 4 members (excludes halogenated alkanes) is 3. The number of fused-ring (bicyclic) bond motifs is 5. The Bertz CT molecular complexity index is 2590. The third-order valence-electron chi connectivity index (χ3n) is 20.7. The minimum atomic E-state index is -2.68. The van der Waals surface area contributed by atoms with Gasteiger partial charge in [0.15, 0.2) is 6.29 Å². The molecule has 12 nitrogen and oxygen atoms in total. The summed E-state index contributed by atoms with van der Waals surface area (Å²) in [4.78, 5) is 15.1. The summed E-state index contributed by atoms with van der Waals surface area (Å²) >= 11 is -2.68. The predicted molar refractivity (Wildman–Crippen MR) is 335 cm³/mol. The molecule has 10 rings (SSSR count). The molecular formula is C72H104O12Sn. The van der Waals surface area contributed by atoms with Crippen LogP contribution in [0.4, 0.5) is 0 Å². The summed E-state index contributed by atoms with van der Waals surface area (Å²) in [5.74, 6) is -0.312. The van der Waals surface area contributed by atoms with Crippen molar-refractivity contribution in [2.24, 2.45) is 5.92 Å². The Labute approximate surface area is 514 Å². The van der Waals surface area contributed by atoms with Crippen molar-refractivity contribution in [1.29, 1.82) is 0 Å². The van der Waals surface area contributed by atoms with Gasteiger partial charge < -0.3 is 18.9 Å². The van der Waals surface area contributed by atoms with E-state index in [0.29, 0.717) is 45.7 Å². The van der Waals surface area contributed by atoms with E-state index in [0.717, 1.165) is 56.1 Å². The van der Waals surface area contributed by atoms with Gasteiger partial charge >= 0.3 is 314 Å². The Kier molecular flexibility index (Phi) is 22.1. The number of benzene rings is 3. The Morgan fingerprint density at radius 1 is 0.682 bits per heavy atom. The fourth-order valence-corrected chi connectivity index (χ4v) is 30.3. The summed E-state index contributed by atoms with van der Waals surface area (Å²) in [6.45, 7) is 24.2. The van der Waals surface area contributed by atoms with E-state index >= 15 is 4.79 Å². The summed E-state index contributed by atoms with van der Waals surface area (Å²) in [7, 11) is 0. The Balaban J connectivity index is 0.870. The quantitative estimate of drug-likeness (QED) is 0.0329. The van der Waals surface area contributed by atoms with Crippen LogP contribution < -0.4 is 0 Å². The molecule has 0 amide bonds. The zero-order valence-corrected chi connectivity index (χ0v) is 55.8. The van der Waals surface area contributed by atoms with Crippen molar-refractivity contribution in [3.8, 4) is 0 Å². The number of rotatable bonds is 26. The van der Waals surface area contributed by atoms with E-state index in [1.807, 2.05) is 49.4 Å². The molecular weight excluding hydrogens is 1180 g/mol. The van der Waals surface area contributed by atoms with Crippen LogP contribution in [-0.2, 0) is 70.1 Å². The molecule has 0 radical (unpaired) electrons. The Morgan fingerprint density at radius 2 is 1.32 bits per heavy atom. The standard InChI is InChI=1S/C60H77O12.3C4H9.Sn/c1-8-20-43-35-57(4)50(34-53-60(7,72-57)52(63-37-41-23-15-11-16-24-41)31-44(65-53)27-19-30-62-36-40-21-13-10-14-22-40)66-46(43)32-54(61)70-58(5)39-59(6)51(69-48(58)9-2)33-49-56(3,71-59)29-28-45-47(67-49)38-64-55(68-45)42-25-17-12-18-26-42;3*1-3-4-2;/h1,8-18,21-26,43-53,55H,2,19-20,27-39H2,3-7H3;3*1,3-4H2,2H3;/t43-,44-,45-,46+,47+,48-,49-,50-,51+,52-,53+,55+,56+,57+,58+,59-,60-;;;;/m0..../s1. The predicted octanol–water partition coefficient (Wildman–Crippen LogP) is 15.4. The van der Waals surface area contributed by atoms with E-state index in [9.17, 15) is 0 Å². The van der Waals surface area contributed by atoms with Crippen LogP contribution in [0.5, 0.6) is 0 Å². The molecule has 468 valence electrons. The molecule has 7 fully saturated rings. The van der Waals surface area contributed by atoms with Gasteiger partial charge in [-0.2, -0.15) is 0 Å². The first-order valence-corrected chi connectivity index (χ1v) is 40.9. The molecule has 13 heteroatoms. The molecule has 7 aliphatic rings. The molecule has 0 N–H and O–H groups in total. The maximum absolute atomic E-state index is 15.1. The number of hydrogen-bond acceptors (Lipinski definition) is 12. The molecule has 7 saturated heterocycles. The van der Waals surface area contributed by atoms with E-state index in [4.69, 9.17) is 52.1 Å². The van der Waals surface area contributed by atoms with E-state index in [1.54, 1.807) is 6.08 Å². The van der Waals surface area contributed by atoms with Crippen LogP contribution in [0.1, 0.15) is 188 Å². The van der Waals surface area contributed by atoms with Crippen molar-refractivity contribution in [1.82, 2.24) is 0 Å². The van der Waals surface area contributed by atoms with Gasteiger partial charge in [-0.25, -0.2) is 0 Å². The van der Waals surface area contributed by atoms with Gasteiger partial charge in [-0.15, -0.1) is 0 Å². The Hall–Kier alpha value is -2.99. The van der Waals surface area contributed by atoms with Crippen molar-refractivity contribution < 1.29 is 56.9 Å². The first kappa shape index (κ1) is 65.0. The summed E-state index contributed by atoms with van der Waals surface area (Å²) in [6.07, 6.45) is 15.9. The molecule has 85 heavy (non-hydrogen) atoms. The second-order valence-electron chi connectivity index (χ2n) is 27.6. The number of hydrogen-bond donors (Lipinski definition) is 0. The van der Waals surface area contributed by atoms with Crippen molar-refractivity contribution in [2.45, 2.75) is 286 Å². The number of esters is 1. The first-order valence-electron chi connectivity index (χ1n) is 33.2. The normalized spacial score (nSPS) is 37.3. The van der Waals surface area contributed by atoms with E-state index in [1.165, 1.54) is 57.4 Å². The molecule has 0 bridgehead atoms. The third kappa shape index (κ3) is 15.4. The molecule has 0 spiro atoms. The van der Waals surface area contributed by atoms with Crippen molar-refractivity contribution in [2.75, 3.05) is 13.2 Å². The molecule has 3 aromatic rings. The molecule has 3 aromatic carbocycles. The second-order valence-corrected chi connectivity index (χ2v) is 40.6. The van der Waals surface area contributed by atoms with Crippen LogP contribution >= 0.6 is 0 Å². The average molecular weight is 1280 g/mol. The van der Waals surface area contributed by atoms with E-state index in [2.05, 4.69) is 114 Å². The maximum atomic E-state index is 15.1. The molecule has 0 aromatic heterocycles. The van der Waals surface area contributed by atoms with Gasteiger partial charge in [0.05, 0.1) is 31.0 Å². The topological polar surface area (TPSA) is 119 Å².